The van der Waals surface area contributed by atoms with Gasteiger partial charge >= 0.3 is 0 Å². The molecule has 0 aliphatic carbocycles. The predicted molar refractivity (Wildman–Crippen MR) is 137 cm³/mol. The van der Waals surface area contributed by atoms with Crippen LogP contribution < -0.4 is 14.4 Å². The normalized spacial score (nSPS) is 17.0. The molecule has 1 fully saturated rings. The SMILES string of the molecule is COc1cc2c(cc1OC)C(c1ccccc1)N(C(=O)c1ccc(N3CCCC3)c([N+](=O)[O-])c1)CC2. The number of hydrogen-bond donors (Lipinski definition) is 0. The monoisotopic (exact) mass is 487 g/mol. The lowest BCUT2D eigenvalue weighted by molar-refractivity contribution is -0.384. The molecule has 1 atom stereocenters. The van der Waals surface area contributed by atoms with Crippen molar-refractivity contribution in [3.05, 3.63) is 93.0 Å². The van der Waals surface area contributed by atoms with Gasteiger partial charge in [0.2, 0.25) is 0 Å². The van der Waals surface area contributed by atoms with E-state index in [1.54, 1.807) is 31.3 Å². The Bertz CT molecular complexity index is 1290. The first-order chi connectivity index (χ1) is 17.5. The Morgan fingerprint density at radius 3 is 2.31 bits per heavy atom. The first kappa shape index (κ1) is 23.7. The summed E-state index contributed by atoms with van der Waals surface area (Å²) in [6.07, 6.45) is 2.66. The van der Waals surface area contributed by atoms with E-state index in [9.17, 15) is 14.9 Å². The van der Waals surface area contributed by atoms with Crippen LogP contribution in [0.4, 0.5) is 11.4 Å². The van der Waals surface area contributed by atoms with Gasteiger partial charge in [-0.25, -0.2) is 0 Å². The summed E-state index contributed by atoms with van der Waals surface area (Å²) in [6, 6.07) is 18.2. The number of fused-ring (bicyclic) bond motifs is 1. The van der Waals surface area contributed by atoms with Crippen LogP contribution in [0.1, 0.15) is 45.9 Å². The summed E-state index contributed by atoms with van der Waals surface area (Å²) >= 11 is 0. The summed E-state index contributed by atoms with van der Waals surface area (Å²) in [4.78, 5) is 29.3. The minimum Gasteiger partial charge on any atom is -0.493 e. The number of nitro groups is 1. The fraction of sp³-hybridized carbons (Fsp3) is 0.321. The number of methoxy groups -OCH3 is 2. The molecule has 3 aromatic carbocycles. The predicted octanol–water partition coefficient (Wildman–Crippen LogP) is 5.00. The van der Waals surface area contributed by atoms with E-state index < -0.39 is 0 Å². The van der Waals surface area contributed by atoms with Gasteiger partial charge in [0, 0.05) is 31.3 Å². The van der Waals surface area contributed by atoms with Crippen LogP contribution in [0.25, 0.3) is 0 Å². The van der Waals surface area contributed by atoms with E-state index in [0.717, 1.165) is 42.6 Å². The molecule has 8 nitrogen and oxygen atoms in total. The van der Waals surface area contributed by atoms with Crippen LogP contribution in [0.2, 0.25) is 0 Å². The number of nitrogens with zero attached hydrogens (tertiary/aromatic N) is 3. The summed E-state index contributed by atoms with van der Waals surface area (Å²) < 4.78 is 11.1. The second-order valence-electron chi connectivity index (χ2n) is 9.12. The van der Waals surface area contributed by atoms with E-state index in [1.165, 1.54) is 6.07 Å². The van der Waals surface area contributed by atoms with E-state index in [1.807, 2.05) is 47.4 Å². The van der Waals surface area contributed by atoms with Gasteiger partial charge in [-0.2, -0.15) is 0 Å². The molecule has 0 aromatic heterocycles. The Kier molecular flexibility index (Phi) is 6.50. The van der Waals surface area contributed by atoms with Gasteiger partial charge in [0.05, 0.1) is 25.2 Å². The number of hydrogen-bond acceptors (Lipinski definition) is 6. The number of rotatable bonds is 6. The highest BCUT2D eigenvalue weighted by molar-refractivity contribution is 5.96. The quantitative estimate of drug-likeness (QED) is 0.359. The summed E-state index contributed by atoms with van der Waals surface area (Å²) in [7, 11) is 3.20. The molecule has 8 heteroatoms. The second-order valence-corrected chi connectivity index (χ2v) is 9.12. The Morgan fingerprint density at radius 2 is 1.64 bits per heavy atom. The fourth-order valence-corrected chi connectivity index (χ4v) is 5.35. The Labute approximate surface area is 210 Å². The first-order valence-corrected chi connectivity index (χ1v) is 12.2. The highest BCUT2D eigenvalue weighted by Crippen LogP contribution is 2.42. The summed E-state index contributed by atoms with van der Waals surface area (Å²) in [5, 5.41) is 11.9. The van der Waals surface area contributed by atoms with Crippen molar-refractivity contribution in [1.29, 1.82) is 0 Å². The number of ether oxygens (including phenoxy) is 2. The lowest BCUT2D eigenvalue weighted by atomic mass is 9.87. The molecule has 186 valence electrons. The molecule has 0 bridgehead atoms. The van der Waals surface area contributed by atoms with Gasteiger partial charge in [0.1, 0.15) is 5.69 Å². The lowest BCUT2D eigenvalue weighted by Gasteiger charge is -2.38. The van der Waals surface area contributed by atoms with E-state index in [2.05, 4.69) is 0 Å². The van der Waals surface area contributed by atoms with Crippen LogP contribution in [0, 0.1) is 10.1 Å². The smallest absolute Gasteiger partial charge is 0.293 e. The number of anilines is 1. The molecule has 0 N–H and O–H groups in total. The zero-order valence-electron chi connectivity index (χ0n) is 20.5. The molecule has 0 saturated carbocycles. The molecule has 1 saturated heterocycles. The van der Waals surface area contributed by atoms with Crippen molar-refractivity contribution in [2.45, 2.75) is 25.3 Å². The Balaban J connectivity index is 1.57. The third-order valence-electron chi connectivity index (χ3n) is 7.12. The molecule has 2 heterocycles. The zero-order valence-corrected chi connectivity index (χ0v) is 20.5. The largest absolute Gasteiger partial charge is 0.493 e. The van der Waals surface area contributed by atoms with E-state index in [0.29, 0.717) is 35.7 Å². The van der Waals surface area contributed by atoms with Gasteiger partial charge in [0.15, 0.2) is 11.5 Å². The molecule has 2 aliphatic heterocycles. The first-order valence-electron chi connectivity index (χ1n) is 12.2. The highest BCUT2D eigenvalue weighted by atomic mass is 16.6. The molecule has 5 rings (SSSR count). The number of carbonyl (C=O) groups excluding carboxylic acids is 1. The molecular weight excluding hydrogens is 458 g/mol. The minimum absolute atomic E-state index is 0.0252. The number of carbonyl (C=O) groups is 1. The van der Waals surface area contributed by atoms with Crippen LogP contribution >= 0.6 is 0 Å². The maximum atomic E-state index is 13.9. The molecule has 2 aliphatic rings. The van der Waals surface area contributed by atoms with E-state index >= 15 is 0 Å². The van der Waals surface area contributed by atoms with Gasteiger partial charge in [-0.1, -0.05) is 30.3 Å². The minimum atomic E-state index is -0.387. The van der Waals surface area contributed by atoms with Crippen molar-refractivity contribution in [3.8, 4) is 11.5 Å². The number of nitro benzene ring substituents is 1. The summed E-state index contributed by atoms with van der Waals surface area (Å²) in [5.41, 5.74) is 3.87. The van der Waals surface area contributed by atoms with Crippen molar-refractivity contribution < 1.29 is 19.2 Å². The molecule has 0 spiro atoms. The van der Waals surface area contributed by atoms with E-state index in [-0.39, 0.29) is 22.6 Å². The van der Waals surface area contributed by atoms with Crippen molar-refractivity contribution in [1.82, 2.24) is 4.90 Å². The van der Waals surface area contributed by atoms with Crippen molar-refractivity contribution in [2.75, 3.05) is 38.8 Å². The third-order valence-corrected chi connectivity index (χ3v) is 7.12. The zero-order chi connectivity index (χ0) is 25.2. The highest BCUT2D eigenvalue weighted by Gasteiger charge is 2.35. The van der Waals surface area contributed by atoms with Gasteiger partial charge < -0.3 is 19.3 Å². The topological polar surface area (TPSA) is 85.2 Å². The van der Waals surface area contributed by atoms with Crippen LogP contribution in [0.3, 0.4) is 0 Å². The molecule has 1 amide bonds. The average Bonchev–Trinajstić information content (AvgIpc) is 3.46. The maximum Gasteiger partial charge on any atom is 0.293 e. The van der Waals surface area contributed by atoms with Gasteiger partial charge in [-0.3, -0.25) is 14.9 Å². The Morgan fingerprint density at radius 1 is 0.944 bits per heavy atom. The summed E-state index contributed by atoms with van der Waals surface area (Å²) in [6.45, 7) is 2.05. The van der Waals surface area contributed by atoms with Crippen molar-refractivity contribution >= 4 is 17.3 Å². The van der Waals surface area contributed by atoms with E-state index in [4.69, 9.17) is 9.47 Å². The van der Waals surface area contributed by atoms with Gasteiger partial charge in [-0.15, -0.1) is 0 Å². The van der Waals surface area contributed by atoms with Crippen LogP contribution in [0.5, 0.6) is 11.5 Å². The van der Waals surface area contributed by atoms with Crippen LogP contribution in [-0.2, 0) is 6.42 Å². The summed E-state index contributed by atoms with van der Waals surface area (Å²) in [5.74, 6) is 1.01. The molecule has 36 heavy (non-hydrogen) atoms. The average molecular weight is 488 g/mol. The van der Waals surface area contributed by atoms with Gasteiger partial charge in [0.25, 0.3) is 11.6 Å². The van der Waals surface area contributed by atoms with Crippen LogP contribution in [0.15, 0.2) is 60.7 Å². The number of benzene rings is 3. The number of amides is 1. The van der Waals surface area contributed by atoms with Crippen molar-refractivity contribution in [2.24, 2.45) is 0 Å². The second kappa shape index (κ2) is 9.89. The standard InChI is InChI=1S/C28H29N3O5/c1-35-25-17-20-12-15-30(27(19-8-4-3-5-9-19)22(20)18-26(25)36-2)28(32)21-10-11-23(24(16-21)31(33)34)29-13-6-7-14-29/h3-5,8-11,16-18,27H,6-7,12-15H2,1-2H3. The molecule has 1 unspecified atom stereocenters. The Hall–Kier alpha value is -4.07. The molecule has 0 radical (unpaired) electrons. The lowest BCUT2D eigenvalue weighted by Crippen LogP contribution is -2.40. The molecular formula is C28H29N3O5. The molecule has 3 aromatic rings. The van der Waals surface area contributed by atoms with Crippen LogP contribution in [-0.4, -0.2) is 49.6 Å². The van der Waals surface area contributed by atoms with Gasteiger partial charge in [-0.05, 0) is 60.2 Å². The van der Waals surface area contributed by atoms with Crippen molar-refractivity contribution in [3.63, 3.8) is 0 Å². The maximum absolute atomic E-state index is 13.9. The fourth-order valence-electron chi connectivity index (χ4n) is 5.35. The third kappa shape index (κ3) is 4.23.